The van der Waals surface area contributed by atoms with Crippen molar-refractivity contribution in [2.24, 2.45) is 0 Å². The molecule has 0 bridgehead atoms. The molecule has 1 heterocycles. The lowest BCUT2D eigenvalue weighted by Gasteiger charge is -2.22. The van der Waals surface area contributed by atoms with Crippen LogP contribution in [-0.2, 0) is 9.59 Å². The summed E-state index contributed by atoms with van der Waals surface area (Å²) in [5.74, 6) is -0.0800. The van der Waals surface area contributed by atoms with E-state index in [-0.39, 0.29) is 17.9 Å². The molecule has 0 radical (unpaired) electrons. The first kappa shape index (κ1) is 14.3. The fraction of sp³-hybridized carbons (Fsp3) is 0.533. The van der Waals surface area contributed by atoms with Gasteiger partial charge in [0.15, 0.2) is 0 Å². The van der Waals surface area contributed by atoms with Crippen LogP contribution in [0.5, 0.6) is 0 Å². The number of hydrogen-bond acceptors (Lipinski definition) is 3. The van der Waals surface area contributed by atoms with Crippen LogP contribution < -0.4 is 5.32 Å². The molecule has 2 amide bonds. The molecule has 5 nitrogen and oxygen atoms in total. The molecule has 20 heavy (non-hydrogen) atoms. The van der Waals surface area contributed by atoms with Gasteiger partial charge in [-0.2, -0.15) is 5.26 Å². The van der Waals surface area contributed by atoms with E-state index in [2.05, 4.69) is 11.4 Å². The molecule has 1 unspecified atom stereocenters. The van der Waals surface area contributed by atoms with Gasteiger partial charge >= 0.3 is 0 Å². The average molecular weight is 273 g/mol. The first-order valence-electron chi connectivity index (χ1n) is 7.03. The molecule has 0 aromatic heterocycles. The number of likely N-dealkylation sites (tertiary alicyclic amines) is 1. The Hall–Kier alpha value is -2.09. The van der Waals surface area contributed by atoms with Gasteiger partial charge in [0, 0.05) is 25.1 Å². The van der Waals surface area contributed by atoms with Crippen molar-refractivity contribution >= 4 is 11.8 Å². The van der Waals surface area contributed by atoms with Crippen LogP contribution in [0.4, 0.5) is 0 Å². The maximum absolute atomic E-state index is 12.2. The largest absolute Gasteiger partial charge is 0.350 e. The summed E-state index contributed by atoms with van der Waals surface area (Å²) in [6, 6.07) is 1.83. The highest BCUT2D eigenvalue weighted by atomic mass is 16.2. The first-order chi connectivity index (χ1) is 9.67. The van der Waals surface area contributed by atoms with Crippen molar-refractivity contribution in [3.8, 4) is 6.07 Å². The van der Waals surface area contributed by atoms with Crippen molar-refractivity contribution in [2.75, 3.05) is 13.1 Å². The molecule has 1 fully saturated rings. The van der Waals surface area contributed by atoms with Gasteiger partial charge in [0.05, 0.1) is 6.07 Å². The van der Waals surface area contributed by atoms with Gasteiger partial charge in [0.1, 0.15) is 6.04 Å². The predicted molar refractivity (Wildman–Crippen MR) is 74.4 cm³/mol. The van der Waals surface area contributed by atoms with Crippen molar-refractivity contribution in [1.29, 1.82) is 5.26 Å². The zero-order valence-corrected chi connectivity index (χ0v) is 11.7. The Balaban J connectivity index is 1.96. The topological polar surface area (TPSA) is 73.2 Å². The lowest BCUT2D eigenvalue weighted by molar-refractivity contribution is -0.134. The van der Waals surface area contributed by atoms with Crippen LogP contribution in [0, 0.1) is 11.3 Å². The third-order valence-electron chi connectivity index (χ3n) is 3.83. The van der Waals surface area contributed by atoms with E-state index in [1.165, 1.54) is 0 Å². The lowest BCUT2D eigenvalue weighted by Crippen LogP contribution is -2.45. The van der Waals surface area contributed by atoms with Crippen molar-refractivity contribution < 1.29 is 9.59 Å². The fourth-order valence-electron chi connectivity index (χ4n) is 2.71. The zero-order valence-electron chi connectivity index (χ0n) is 11.7. The van der Waals surface area contributed by atoms with Crippen LogP contribution in [0.3, 0.4) is 0 Å². The zero-order chi connectivity index (χ0) is 14.5. The predicted octanol–water partition coefficient (Wildman–Crippen LogP) is 1.28. The Bertz CT molecular complexity index is 514. The Morgan fingerprint density at radius 1 is 1.55 bits per heavy atom. The first-order valence-corrected chi connectivity index (χ1v) is 7.03. The van der Waals surface area contributed by atoms with Gasteiger partial charge in [0.25, 0.3) is 0 Å². The van der Waals surface area contributed by atoms with Crippen LogP contribution in [0.15, 0.2) is 23.3 Å². The summed E-state index contributed by atoms with van der Waals surface area (Å²) in [6.07, 6.45) is 6.55. The number of nitrogens with one attached hydrogen (secondary N) is 1. The summed E-state index contributed by atoms with van der Waals surface area (Å²) in [5.41, 5.74) is 1.61. The monoisotopic (exact) mass is 273 g/mol. The summed E-state index contributed by atoms with van der Waals surface area (Å²) >= 11 is 0. The summed E-state index contributed by atoms with van der Waals surface area (Å²) in [4.78, 5) is 25.4. The van der Waals surface area contributed by atoms with Crippen molar-refractivity contribution in [1.82, 2.24) is 10.2 Å². The van der Waals surface area contributed by atoms with Gasteiger partial charge in [-0.05, 0) is 31.8 Å². The minimum atomic E-state index is -0.355. The average Bonchev–Trinajstić information content (AvgIpc) is 2.86. The highest BCUT2D eigenvalue weighted by molar-refractivity contribution is 5.91. The molecule has 0 aromatic rings. The molecule has 0 saturated carbocycles. The molecule has 1 aliphatic carbocycles. The quantitative estimate of drug-likeness (QED) is 0.838. The number of hydrogen-bond donors (Lipinski definition) is 1. The van der Waals surface area contributed by atoms with Gasteiger partial charge in [-0.3, -0.25) is 9.59 Å². The highest BCUT2D eigenvalue weighted by Gasteiger charge is 2.34. The Morgan fingerprint density at radius 3 is 3.05 bits per heavy atom. The molecule has 0 aromatic carbocycles. The summed E-state index contributed by atoms with van der Waals surface area (Å²) in [5, 5.41) is 11.9. The van der Waals surface area contributed by atoms with Gasteiger partial charge in [-0.15, -0.1) is 0 Å². The number of likely N-dealkylation sites (N-methyl/N-ethyl adjacent to an activating group) is 1. The minimum absolute atomic E-state index is 0.0436. The Morgan fingerprint density at radius 2 is 2.35 bits per heavy atom. The van der Waals surface area contributed by atoms with Gasteiger partial charge in [-0.25, -0.2) is 0 Å². The highest BCUT2D eigenvalue weighted by Crippen LogP contribution is 2.20. The standard InChI is InChI=1S/C15H19N3O2/c1-2-18-13(7-8-14(18)19)15(20)17-10-12-6-4-3-5-11(12)9-16/h4,6,13H,2-3,5,7-8,10H2,1H3,(H,17,20). The van der Waals surface area contributed by atoms with E-state index in [1.807, 2.05) is 19.1 Å². The molecule has 1 saturated heterocycles. The van der Waals surface area contributed by atoms with E-state index in [1.54, 1.807) is 4.90 Å². The molecule has 2 aliphatic rings. The Labute approximate surface area is 118 Å². The van der Waals surface area contributed by atoms with E-state index in [0.717, 1.165) is 24.0 Å². The molecule has 1 aliphatic heterocycles. The van der Waals surface area contributed by atoms with Crippen molar-refractivity contribution in [2.45, 2.75) is 38.6 Å². The molecular weight excluding hydrogens is 254 g/mol. The molecule has 0 spiro atoms. The second-order valence-corrected chi connectivity index (χ2v) is 5.01. The van der Waals surface area contributed by atoms with E-state index < -0.39 is 0 Å². The Kier molecular flexibility index (Phi) is 4.57. The van der Waals surface area contributed by atoms with Crippen LogP contribution in [0.2, 0.25) is 0 Å². The number of nitriles is 1. The second-order valence-electron chi connectivity index (χ2n) is 5.01. The van der Waals surface area contributed by atoms with E-state index in [0.29, 0.717) is 25.9 Å². The van der Waals surface area contributed by atoms with Gasteiger partial charge in [0.2, 0.25) is 11.8 Å². The number of carbonyl (C=O) groups excluding carboxylic acids is 2. The summed E-state index contributed by atoms with van der Waals surface area (Å²) < 4.78 is 0. The fourth-order valence-corrected chi connectivity index (χ4v) is 2.71. The van der Waals surface area contributed by atoms with E-state index in [9.17, 15) is 9.59 Å². The van der Waals surface area contributed by atoms with E-state index in [4.69, 9.17) is 5.26 Å². The number of carbonyl (C=O) groups is 2. The third kappa shape index (κ3) is 2.90. The maximum Gasteiger partial charge on any atom is 0.243 e. The van der Waals surface area contributed by atoms with Crippen LogP contribution in [0.1, 0.15) is 32.6 Å². The lowest BCUT2D eigenvalue weighted by atomic mass is 9.98. The molecule has 1 atom stereocenters. The van der Waals surface area contributed by atoms with Crippen LogP contribution in [-0.4, -0.2) is 35.8 Å². The number of nitrogens with zero attached hydrogens (tertiary/aromatic N) is 2. The van der Waals surface area contributed by atoms with Crippen molar-refractivity contribution in [3.05, 3.63) is 23.3 Å². The number of allylic oxidation sites excluding steroid dienone is 2. The van der Waals surface area contributed by atoms with Crippen LogP contribution >= 0.6 is 0 Å². The van der Waals surface area contributed by atoms with E-state index >= 15 is 0 Å². The molecule has 2 rings (SSSR count). The second kappa shape index (κ2) is 6.38. The van der Waals surface area contributed by atoms with Crippen molar-refractivity contribution in [3.63, 3.8) is 0 Å². The van der Waals surface area contributed by atoms with Gasteiger partial charge < -0.3 is 10.2 Å². The van der Waals surface area contributed by atoms with Gasteiger partial charge in [-0.1, -0.05) is 12.2 Å². The smallest absolute Gasteiger partial charge is 0.243 e. The molecule has 5 heteroatoms. The molecule has 1 N–H and O–H groups in total. The minimum Gasteiger partial charge on any atom is -0.350 e. The maximum atomic E-state index is 12.2. The van der Waals surface area contributed by atoms with Crippen LogP contribution in [0.25, 0.3) is 0 Å². The number of amides is 2. The normalized spacial score (nSPS) is 22.1. The number of rotatable bonds is 4. The molecule has 106 valence electrons. The summed E-state index contributed by atoms with van der Waals surface area (Å²) in [6.45, 7) is 2.80. The SMILES string of the molecule is CCN1C(=O)CCC1C(=O)NCC1=C(C#N)CCC=C1. The molecular formula is C15H19N3O2. The summed E-state index contributed by atoms with van der Waals surface area (Å²) in [7, 11) is 0. The third-order valence-corrected chi connectivity index (χ3v) is 3.83.